The number of nitrogens with zero attached hydrogens (tertiary/aromatic N) is 2. The number of rotatable bonds is 0. The van der Waals surface area contributed by atoms with E-state index in [1.54, 1.807) is 12.4 Å². The van der Waals surface area contributed by atoms with Gasteiger partial charge in [0, 0.05) is 12.4 Å². The Hall–Kier alpha value is -2.22. The van der Waals surface area contributed by atoms with Crippen LogP contribution in [0, 0.1) is 12.1 Å². The molecule has 21 heavy (non-hydrogen) atoms. The molecule has 0 unspecified atom stereocenters. The number of hydrogen-bond acceptors (Lipinski definition) is 2. The number of pyridine rings is 2. The summed E-state index contributed by atoms with van der Waals surface area (Å²) in [6.45, 7) is 0. The maximum atomic E-state index is 4.13. The van der Waals surface area contributed by atoms with Crippen molar-refractivity contribution in [3.63, 3.8) is 0 Å². The van der Waals surface area contributed by atoms with Crippen LogP contribution in [0.3, 0.4) is 0 Å². The van der Waals surface area contributed by atoms with Crippen molar-refractivity contribution in [2.45, 2.75) is 0 Å². The van der Waals surface area contributed by atoms with Crippen LogP contribution in [0.1, 0.15) is 0 Å². The van der Waals surface area contributed by atoms with Crippen LogP contribution in [-0.4, -0.2) is 9.97 Å². The summed E-state index contributed by atoms with van der Waals surface area (Å²) in [5, 5.41) is 2.29. The smallest absolute Gasteiger partial charge is 0.283 e. The summed E-state index contributed by atoms with van der Waals surface area (Å²) in [5.41, 5.74) is 1.87. The number of para-hydroxylation sites is 2. The topological polar surface area (TPSA) is 25.8 Å². The van der Waals surface area contributed by atoms with Crippen LogP contribution < -0.4 is 0 Å². The second kappa shape index (κ2) is 7.53. The molecule has 2 nitrogen and oxygen atoms in total. The predicted octanol–water partition coefficient (Wildman–Crippen LogP) is 4.07. The van der Waals surface area contributed by atoms with Crippen LogP contribution in [0.15, 0.2) is 73.1 Å². The first-order valence-electron chi connectivity index (χ1n) is 6.36. The second-order valence-electron chi connectivity index (χ2n) is 4.22. The molecule has 0 spiro atoms. The van der Waals surface area contributed by atoms with Gasteiger partial charge in [0.05, 0.1) is 0 Å². The number of fused-ring (bicyclic) bond motifs is 2. The molecule has 2 aromatic heterocycles. The van der Waals surface area contributed by atoms with Gasteiger partial charge in [-0.3, -0.25) is 9.97 Å². The minimum atomic E-state index is 0. The van der Waals surface area contributed by atoms with Gasteiger partial charge in [-0.1, -0.05) is 12.1 Å². The standard InChI is InChI=1S/2C9H6N.Cu/c2*1-2-6-9-8(4-1)5-3-7-10-9;/h2*1-5,7H;/q2*-1;+2. The Kier molecular flexibility index (Phi) is 5.44. The fraction of sp³-hybridized carbons (Fsp3) is 0. The molecule has 0 aliphatic rings. The van der Waals surface area contributed by atoms with Crippen LogP contribution in [0.2, 0.25) is 0 Å². The Morgan fingerprint density at radius 3 is 1.48 bits per heavy atom. The van der Waals surface area contributed by atoms with Crippen molar-refractivity contribution in [2.75, 3.05) is 0 Å². The summed E-state index contributed by atoms with van der Waals surface area (Å²) in [6.07, 6.45) is 3.55. The summed E-state index contributed by atoms with van der Waals surface area (Å²) >= 11 is 0. The molecule has 105 valence electrons. The van der Waals surface area contributed by atoms with Crippen LogP contribution in [0.5, 0.6) is 0 Å². The van der Waals surface area contributed by atoms with E-state index in [2.05, 4.69) is 22.1 Å². The quantitative estimate of drug-likeness (QED) is 0.361. The fourth-order valence-corrected chi connectivity index (χ4v) is 1.90. The average Bonchev–Trinajstić information content (AvgIpc) is 2.56. The summed E-state index contributed by atoms with van der Waals surface area (Å²) < 4.78 is 0. The van der Waals surface area contributed by atoms with Gasteiger partial charge >= 0.3 is 17.1 Å². The van der Waals surface area contributed by atoms with Crippen molar-refractivity contribution < 1.29 is 17.1 Å². The third-order valence-corrected chi connectivity index (χ3v) is 2.86. The third kappa shape index (κ3) is 3.88. The molecule has 1 radical (unpaired) electrons. The molecule has 4 rings (SSSR count). The molecule has 2 heterocycles. The third-order valence-electron chi connectivity index (χ3n) is 2.86. The van der Waals surface area contributed by atoms with Crippen LogP contribution in [-0.2, 0) is 17.1 Å². The molecule has 0 aliphatic heterocycles. The first-order chi connectivity index (χ1) is 9.93. The molecule has 0 saturated heterocycles. The normalized spacial score (nSPS) is 9.52. The number of aromatic nitrogens is 2. The molecule has 0 atom stereocenters. The second-order valence-corrected chi connectivity index (χ2v) is 4.22. The van der Waals surface area contributed by atoms with Crippen LogP contribution in [0.4, 0.5) is 0 Å². The van der Waals surface area contributed by atoms with Crippen molar-refractivity contribution in [1.82, 2.24) is 9.97 Å². The molecule has 0 fully saturated rings. The monoisotopic (exact) mass is 319 g/mol. The molecule has 0 N–H and O–H groups in total. The summed E-state index contributed by atoms with van der Waals surface area (Å²) in [5.74, 6) is 0. The first-order valence-corrected chi connectivity index (χ1v) is 6.36. The Morgan fingerprint density at radius 1 is 0.619 bits per heavy atom. The van der Waals surface area contributed by atoms with Crippen molar-refractivity contribution in [3.05, 3.63) is 85.2 Å². The van der Waals surface area contributed by atoms with E-state index in [0.29, 0.717) is 0 Å². The molecule has 0 bridgehead atoms. The summed E-state index contributed by atoms with van der Waals surface area (Å²) in [6, 6.07) is 25.7. The van der Waals surface area contributed by atoms with Crippen molar-refractivity contribution >= 4 is 21.8 Å². The number of hydrogen-bond donors (Lipinski definition) is 0. The molecule has 0 amide bonds. The Balaban J connectivity index is 0.000000147. The minimum absolute atomic E-state index is 0. The molecule has 4 aromatic rings. The zero-order valence-corrected chi connectivity index (χ0v) is 12.1. The molecule has 0 saturated carbocycles. The molecule has 2 aromatic carbocycles. The van der Waals surface area contributed by atoms with E-state index in [4.69, 9.17) is 0 Å². The van der Waals surface area contributed by atoms with E-state index in [9.17, 15) is 0 Å². The van der Waals surface area contributed by atoms with Crippen LogP contribution >= 0.6 is 0 Å². The zero-order valence-electron chi connectivity index (χ0n) is 11.1. The predicted molar refractivity (Wildman–Crippen MR) is 81.2 cm³/mol. The van der Waals surface area contributed by atoms with Gasteiger partial charge in [0.2, 0.25) is 0 Å². The minimum Gasteiger partial charge on any atom is -0.283 e. The van der Waals surface area contributed by atoms with Gasteiger partial charge in [-0.05, 0) is 11.0 Å². The van der Waals surface area contributed by atoms with E-state index in [0.717, 1.165) is 21.8 Å². The Morgan fingerprint density at radius 2 is 1.05 bits per heavy atom. The van der Waals surface area contributed by atoms with E-state index < -0.39 is 0 Å². The maximum absolute atomic E-state index is 4.13. The zero-order chi connectivity index (χ0) is 13.6. The molecular formula is C18H12CuN2. The SMILES string of the molecule is [Cu+2].[c-]1cccc2cccnc12.[c-]1cccc2cccnc12. The van der Waals surface area contributed by atoms with Crippen molar-refractivity contribution in [2.24, 2.45) is 0 Å². The molecule has 0 aliphatic carbocycles. The largest absolute Gasteiger partial charge is 2.00 e. The van der Waals surface area contributed by atoms with E-state index in [-0.39, 0.29) is 17.1 Å². The molecular weight excluding hydrogens is 308 g/mol. The van der Waals surface area contributed by atoms with Gasteiger partial charge in [0.15, 0.2) is 0 Å². The average molecular weight is 320 g/mol. The maximum Gasteiger partial charge on any atom is 2.00 e. The van der Waals surface area contributed by atoms with Gasteiger partial charge in [-0.2, -0.15) is 48.5 Å². The van der Waals surface area contributed by atoms with Gasteiger partial charge in [-0.25, -0.2) is 0 Å². The van der Waals surface area contributed by atoms with Crippen LogP contribution in [0.25, 0.3) is 21.8 Å². The van der Waals surface area contributed by atoms with Crippen molar-refractivity contribution in [3.8, 4) is 0 Å². The number of benzene rings is 2. The fourth-order valence-electron chi connectivity index (χ4n) is 1.90. The van der Waals surface area contributed by atoms with E-state index in [1.807, 2.05) is 60.7 Å². The summed E-state index contributed by atoms with van der Waals surface area (Å²) in [4.78, 5) is 8.25. The van der Waals surface area contributed by atoms with Crippen molar-refractivity contribution in [1.29, 1.82) is 0 Å². The van der Waals surface area contributed by atoms with E-state index in [1.165, 1.54) is 0 Å². The summed E-state index contributed by atoms with van der Waals surface area (Å²) in [7, 11) is 0. The van der Waals surface area contributed by atoms with Gasteiger partial charge in [0.1, 0.15) is 0 Å². The van der Waals surface area contributed by atoms with E-state index >= 15 is 0 Å². The van der Waals surface area contributed by atoms with Gasteiger partial charge in [-0.15, -0.1) is 22.9 Å². The van der Waals surface area contributed by atoms with Gasteiger partial charge < -0.3 is 0 Å². The van der Waals surface area contributed by atoms with Gasteiger partial charge in [0.25, 0.3) is 0 Å². The molecule has 3 heteroatoms. The Bertz CT molecular complexity index is 628. The first kappa shape index (κ1) is 15.2. The Labute approximate surface area is 134 Å².